The van der Waals surface area contributed by atoms with Crippen LogP contribution in [0, 0.1) is 22.2 Å². The van der Waals surface area contributed by atoms with Crippen molar-refractivity contribution in [1.29, 1.82) is 0 Å². The molecule has 3 aliphatic carbocycles. The zero-order valence-electron chi connectivity index (χ0n) is 18.1. The molecule has 2 aromatic carbocycles. The normalized spacial score (nSPS) is 27.9. The smallest absolute Gasteiger partial charge is 0.0164 e. The first kappa shape index (κ1) is 18.0. The Kier molecular flexibility index (Phi) is 3.53. The highest BCUT2D eigenvalue weighted by Crippen LogP contribution is 2.68. The molecule has 0 aromatic heterocycles. The molecule has 2 atom stereocenters. The summed E-state index contributed by atoms with van der Waals surface area (Å²) >= 11 is 0. The minimum absolute atomic E-state index is 0.199. The molecule has 0 spiro atoms. The number of allylic oxidation sites excluding steroid dienone is 4. The van der Waals surface area contributed by atoms with Crippen molar-refractivity contribution in [2.75, 3.05) is 0 Å². The van der Waals surface area contributed by atoms with Crippen molar-refractivity contribution >= 4 is 0 Å². The van der Waals surface area contributed by atoms with E-state index in [-0.39, 0.29) is 16.2 Å². The Balaban J connectivity index is 1.72. The van der Waals surface area contributed by atoms with E-state index in [0.29, 0.717) is 11.8 Å². The Labute approximate surface area is 170 Å². The third kappa shape index (κ3) is 2.30. The minimum atomic E-state index is 0.199. The number of benzene rings is 2. The van der Waals surface area contributed by atoms with Gasteiger partial charge in [0.2, 0.25) is 0 Å². The lowest BCUT2D eigenvalue weighted by Crippen LogP contribution is -2.29. The zero-order valence-corrected chi connectivity index (χ0v) is 18.1. The van der Waals surface area contributed by atoms with Crippen molar-refractivity contribution in [1.82, 2.24) is 0 Å². The van der Waals surface area contributed by atoms with Crippen LogP contribution in [0.5, 0.6) is 0 Å². The van der Waals surface area contributed by atoms with Crippen molar-refractivity contribution in [3.8, 4) is 11.1 Å². The Morgan fingerprint density at radius 1 is 0.821 bits per heavy atom. The lowest BCUT2D eigenvalue weighted by molar-refractivity contribution is 0.219. The third-order valence-electron chi connectivity index (χ3n) is 7.67. The van der Waals surface area contributed by atoms with Gasteiger partial charge in [0.05, 0.1) is 0 Å². The zero-order chi connectivity index (χ0) is 19.9. The van der Waals surface area contributed by atoms with Crippen molar-refractivity contribution < 1.29 is 0 Å². The Hall–Kier alpha value is -2.08. The molecule has 144 valence electrons. The molecular weight excluding hydrogens is 336 g/mol. The molecule has 0 heteroatoms. The molecule has 0 aliphatic heterocycles. The quantitative estimate of drug-likeness (QED) is 0.482. The van der Waals surface area contributed by atoms with Crippen molar-refractivity contribution in [2.45, 2.75) is 53.9 Å². The molecule has 0 heterocycles. The number of hydrogen-bond donors (Lipinski definition) is 0. The van der Waals surface area contributed by atoms with E-state index < -0.39 is 0 Å². The van der Waals surface area contributed by atoms with E-state index in [9.17, 15) is 0 Å². The van der Waals surface area contributed by atoms with Gasteiger partial charge in [0.25, 0.3) is 0 Å². The van der Waals surface area contributed by atoms with Gasteiger partial charge in [0.15, 0.2) is 0 Å². The van der Waals surface area contributed by atoms with Gasteiger partial charge in [-0.15, -0.1) is 0 Å². The summed E-state index contributed by atoms with van der Waals surface area (Å²) in [7, 11) is 0. The number of fused-ring (bicyclic) bond motifs is 4. The van der Waals surface area contributed by atoms with Crippen molar-refractivity contribution in [3.05, 3.63) is 83.0 Å². The van der Waals surface area contributed by atoms with Gasteiger partial charge < -0.3 is 0 Å². The second-order valence-corrected chi connectivity index (χ2v) is 11.1. The highest BCUT2D eigenvalue weighted by Gasteiger charge is 2.57. The molecule has 3 aliphatic rings. The first-order valence-corrected chi connectivity index (χ1v) is 10.8. The molecule has 1 fully saturated rings. The van der Waals surface area contributed by atoms with Crippen LogP contribution in [0.15, 0.2) is 71.8 Å². The maximum atomic E-state index is 2.62. The summed E-state index contributed by atoms with van der Waals surface area (Å²) in [6, 6.07) is 18.2. The summed E-state index contributed by atoms with van der Waals surface area (Å²) < 4.78 is 0. The molecule has 0 saturated heterocycles. The molecule has 1 saturated carbocycles. The van der Waals surface area contributed by atoms with Crippen molar-refractivity contribution in [3.63, 3.8) is 0 Å². The molecule has 5 rings (SSSR count). The fourth-order valence-electron chi connectivity index (χ4n) is 6.52. The van der Waals surface area contributed by atoms with E-state index in [0.717, 1.165) is 0 Å². The largest absolute Gasteiger partial charge is 0.0730 e. The van der Waals surface area contributed by atoms with Crippen LogP contribution in [0.1, 0.15) is 65.0 Å². The van der Waals surface area contributed by atoms with Crippen LogP contribution < -0.4 is 0 Å². The molecule has 0 amide bonds. The average Bonchev–Trinajstić information content (AvgIpc) is 3.26. The third-order valence-corrected chi connectivity index (χ3v) is 7.67. The summed E-state index contributed by atoms with van der Waals surface area (Å²) in [4.78, 5) is 0. The van der Waals surface area contributed by atoms with Gasteiger partial charge in [-0.05, 0) is 50.5 Å². The summed E-state index contributed by atoms with van der Waals surface area (Å²) in [6.07, 6.45) is 6.40. The van der Waals surface area contributed by atoms with Crippen LogP contribution in [0.3, 0.4) is 0 Å². The Morgan fingerprint density at radius 3 is 1.89 bits per heavy atom. The second kappa shape index (κ2) is 5.50. The van der Waals surface area contributed by atoms with Crippen LogP contribution in [0.25, 0.3) is 11.1 Å². The van der Waals surface area contributed by atoms with Crippen LogP contribution in [-0.2, 0) is 0 Å². The first-order chi connectivity index (χ1) is 13.1. The number of hydrogen-bond acceptors (Lipinski definition) is 0. The maximum Gasteiger partial charge on any atom is 0.0164 e. The fourth-order valence-corrected chi connectivity index (χ4v) is 6.52. The predicted molar refractivity (Wildman–Crippen MR) is 119 cm³/mol. The predicted octanol–water partition coefficient (Wildman–Crippen LogP) is 7.76. The fraction of sp³-hybridized carbons (Fsp3) is 0.429. The second-order valence-electron chi connectivity index (χ2n) is 11.1. The van der Waals surface area contributed by atoms with E-state index in [1.807, 2.05) is 0 Å². The standard InChI is InChI=1S/C28H32/c1-26(2,3)18-15-23-24(16-18)28(6,17-27(23,4)5)25-21-13-9-7-11-19(21)20-12-8-10-14-22(20)25/h7-16,24-25H,17H2,1-6H3. The van der Waals surface area contributed by atoms with Crippen LogP contribution in [0.4, 0.5) is 0 Å². The Morgan fingerprint density at radius 2 is 1.36 bits per heavy atom. The lowest BCUT2D eigenvalue weighted by Gasteiger charge is -2.38. The van der Waals surface area contributed by atoms with Crippen LogP contribution >= 0.6 is 0 Å². The van der Waals surface area contributed by atoms with E-state index >= 15 is 0 Å². The molecule has 0 radical (unpaired) electrons. The topological polar surface area (TPSA) is 0 Å². The SMILES string of the molecule is CC(C)(C)C1=CC2C(=C1)C(C)(C)CC2(C)C1c2ccccc2-c2ccccc21. The molecule has 0 N–H and O–H groups in total. The summed E-state index contributed by atoms with van der Waals surface area (Å²) in [5.41, 5.74) is 9.77. The molecule has 2 unspecified atom stereocenters. The van der Waals surface area contributed by atoms with E-state index in [1.54, 1.807) is 5.57 Å². The minimum Gasteiger partial charge on any atom is -0.0730 e. The average molecular weight is 369 g/mol. The van der Waals surface area contributed by atoms with E-state index in [1.165, 1.54) is 34.2 Å². The molecule has 2 aromatic rings. The molecule has 0 bridgehead atoms. The van der Waals surface area contributed by atoms with Crippen molar-refractivity contribution in [2.24, 2.45) is 22.2 Å². The molecule has 28 heavy (non-hydrogen) atoms. The maximum absolute atomic E-state index is 2.62. The summed E-state index contributed by atoms with van der Waals surface area (Å²) in [5.74, 6) is 0.992. The van der Waals surface area contributed by atoms with Gasteiger partial charge in [-0.1, -0.05) is 108 Å². The number of rotatable bonds is 1. The van der Waals surface area contributed by atoms with E-state index in [4.69, 9.17) is 0 Å². The van der Waals surface area contributed by atoms with Gasteiger partial charge in [-0.25, -0.2) is 0 Å². The highest BCUT2D eigenvalue weighted by molar-refractivity contribution is 5.79. The van der Waals surface area contributed by atoms with E-state index in [2.05, 4.69) is 102 Å². The van der Waals surface area contributed by atoms with Gasteiger partial charge in [0, 0.05) is 11.8 Å². The molecule has 0 nitrogen and oxygen atoms in total. The first-order valence-electron chi connectivity index (χ1n) is 10.8. The van der Waals surface area contributed by atoms with Crippen LogP contribution in [0.2, 0.25) is 0 Å². The van der Waals surface area contributed by atoms with Gasteiger partial charge in [0.1, 0.15) is 0 Å². The van der Waals surface area contributed by atoms with Gasteiger partial charge >= 0.3 is 0 Å². The van der Waals surface area contributed by atoms with Gasteiger partial charge in [-0.3, -0.25) is 0 Å². The summed E-state index contributed by atoms with van der Waals surface area (Å²) in [6.45, 7) is 14.5. The molecular formula is C28H32. The van der Waals surface area contributed by atoms with Gasteiger partial charge in [-0.2, -0.15) is 0 Å². The lowest BCUT2D eigenvalue weighted by atomic mass is 9.65. The van der Waals surface area contributed by atoms with Crippen LogP contribution in [-0.4, -0.2) is 0 Å². The monoisotopic (exact) mass is 368 g/mol. The highest BCUT2D eigenvalue weighted by atomic mass is 14.6. The summed E-state index contributed by atoms with van der Waals surface area (Å²) in [5, 5.41) is 0. The Bertz CT molecular complexity index is 978.